The number of benzene rings is 1. The Morgan fingerprint density at radius 2 is 2.17 bits per heavy atom. The van der Waals surface area contributed by atoms with Crippen molar-refractivity contribution in [3.05, 3.63) is 29.8 Å². The summed E-state index contributed by atoms with van der Waals surface area (Å²) in [6, 6.07) is 9.42. The zero-order valence-corrected chi connectivity index (χ0v) is 11.6. The van der Waals surface area contributed by atoms with Gasteiger partial charge in [-0.15, -0.1) is 0 Å². The van der Waals surface area contributed by atoms with Gasteiger partial charge in [0.2, 0.25) is 0 Å². The fourth-order valence-corrected chi connectivity index (χ4v) is 2.71. The third-order valence-electron chi connectivity index (χ3n) is 3.67. The second-order valence-electron chi connectivity index (χ2n) is 5.14. The lowest BCUT2D eigenvalue weighted by molar-refractivity contribution is 0.175. The Balaban J connectivity index is 2.27. The Hall–Kier alpha value is -1.06. The van der Waals surface area contributed by atoms with Crippen LogP contribution >= 0.6 is 0 Å². The molecule has 1 aromatic rings. The number of nitrogens with zero attached hydrogens (tertiary/aromatic N) is 1. The predicted octanol–water partition coefficient (Wildman–Crippen LogP) is 2.57. The van der Waals surface area contributed by atoms with E-state index in [0.29, 0.717) is 0 Å². The van der Waals surface area contributed by atoms with E-state index in [9.17, 15) is 0 Å². The average Bonchev–Trinajstić information content (AvgIpc) is 3.19. The fourth-order valence-electron chi connectivity index (χ4n) is 2.71. The first-order chi connectivity index (χ1) is 8.67. The highest BCUT2D eigenvalue weighted by Gasteiger charge is 2.35. The van der Waals surface area contributed by atoms with Crippen molar-refractivity contribution in [3.63, 3.8) is 0 Å². The van der Waals surface area contributed by atoms with Gasteiger partial charge in [-0.25, -0.2) is 0 Å². The molecule has 1 aromatic carbocycles. The van der Waals surface area contributed by atoms with Crippen LogP contribution in [0, 0.1) is 0 Å². The Kier molecular flexibility index (Phi) is 4.25. The van der Waals surface area contributed by atoms with Crippen LogP contribution in [0.15, 0.2) is 24.3 Å². The van der Waals surface area contributed by atoms with E-state index in [-0.39, 0.29) is 12.1 Å². The lowest BCUT2D eigenvalue weighted by Gasteiger charge is -2.34. The van der Waals surface area contributed by atoms with Gasteiger partial charge >= 0.3 is 0 Å². The number of rotatable bonds is 6. The molecule has 1 fully saturated rings. The molecule has 0 radical (unpaired) electrons. The first kappa shape index (κ1) is 13.4. The minimum absolute atomic E-state index is 0.123. The summed E-state index contributed by atoms with van der Waals surface area (Å²) in [4.78, 5) is 2.53. The Morgan fingerprint density at radius 1 is 1.44 bits per heavy atom. The smallest absolute Gasteiger partial charge is 0.119 e. The van der Waals surface area contributed by atoms with Gasteiger partial charge in [0.25, 0.3) is 0 Å². The molecule has 100 valence electrons. The monoisotopic (exact) mass is 248 g/mol. The van der Waals surface area contributed by atoms with E-state index in [2.05, 4.69) is 30.9 Å². The van der Waals surface area contributed by atoms with Gasteiger partial charge in [-0.05, 0) is 44.0 Å². The second-order valence-corrected chi connectivity index (χ2v) is 5.14. The Bertz CT molecular complexity index is 388. The predicted molar refractivity (Wildman–Crippen MR) is 74.8 cm³/mol. The normalized spacial score (nSPS) is 18.7. The SMILES string of the molecule is CCN(C1CC1)C(c1cccc(OC)c1)C(C)N. The molecule has 0 saturated heterocycles. The molecule has 0 spiro atoms. The summed E-state index contributed by atoms with van der Waals surface area (Å²) in [5.74, 6) is 0.907. The van der Waals surface area contributed by atoms with Gasteiger partial charge in [0, 0.05) is 12.1 Å². The highest BCUT2D eigenvalue weighted by atomic mass is 16.5. The van der Waals surface area contributed by atoms with Gasteiger partial charge in [-0.2, -0.15) is 0 Å². The van der Waals surface area contributed by atoms with Crippen molar-refractivity contribution in [3.8, 4) is 5.75 Å². The third kappa shape index (κ3) is 2.85. The van der Waals surface area contributed by atoms with Crippen LogP contribution in [0.2, 0.25) is 0 Å². The molecule has 2 N–H and O–H groups in total. The van der Waals surface area contributed by atoms with Crippen LogP contribution in [0.25, 0.3) is 0 Å². The highest BCUT2D eigenvalue weighted by molar-refractivity contribution is 5.31. The molecular weight excluding hydrogens is 224 g/mol. The molecule has 0 bridgehead atoms. The molecule has 2 atom stereocenters. The maximum absolute atomic E-state index is 6.22. The van der Waals surface area contributed by atoms with E-state index < -0.39 is 0 Å². The zero-order chi connectivity index (χ0) is 13.1. The van der Waals surface area contributed by atoms with Gasteiger partial charge in [0.05, 0.1) is 13.2 Å². The van der Waals surface area contributed by atoms with Crippen molar-refractivity contribution in [2.75, 3.05) is 13.7 Å². The maximum Gasteiger partial charge on any atom is 0.119 e. The highest BCUT2D eigenvalue weighted by Crippen LogP contribution is 2.36. The van der Waals surface area contributed by atoms with Crippen LogP contribution in [0.4, 0.5) is 0 Å². The van der Waals surface area contributed by atoms with Gasteiger partial charge < -0.3 is 10.5 Å². The van der Waals surface area contributed by atoms with Gasteiger partial charge in [-0.1, -0.05) is 19.1 Å². The van der Waals surface area contributed by atoms with E-state index >= 15 is 0 Å². The number of hydrogen-bond acceptors (Lipinski definition) is 3. The summed E-state index contributed by atoms with van der Waals surface area (Å²) in [5, 5.41) is 0. The zero-order valence-electron chi connectivity index (χ0n) is 11.6. The molecule has 2 rings (SSSR count). The van der Waals surface area contributed by atoms with Gasteiger partial charge in [0.1, 0.15) is 5.75 Å². The van der Waals surface area contributed by atoms with Crippen molar-refractivity contribution >= 4 is 0 Å². The van der Waals surface area contributed by atoms with Crippen molar-refractivity contribution in [1.82, 2.24) is 4.90 Å². The van der Waals surface area contributed by atoms with Crippen LogP contribution in [-0.2, 0) is 0 Å². The largest absolute Gasteiger partial charge is 0.497 e. The molecule has 1 saturated carbocycles. The first-order valence-corrected chi connectivity index (χ1v) is 6.82. The Morgan fingerprint density at radius 3 is 2.67 bits per heavy atom. The summed E-state index contributed by atoms with van der Waals surface area (Å²) in [6.07, 6.45) is 2.61. The summed E-state index contributed by atoms with van der Waals surface area (Å²) < 4.78 is 5.31. The summed E-state index contributed by atoms with van der Waals surface area (Å²) in [5.41, 5.74) is 7.48. The van der Waals surface area contributed by atoms with E-state index in [1.165, 1.54) is 18.4 Å². The molecule has 1 aliphatic rings. The van der Waals surface area contributed by atoms with Crippen molar-refractivity contribution < 1.29 is 4.74 Å². The summed E-state index contributed by atoms with van der Waals surface area (Å²) in [7, 11) is 1.71. The van der Waals surface area contributed by atoms with E-state index in [1.807, 2.05) is 12.1 Å². The molecule has 0 aliphatic heterocycles. The Labute approximate surface area is 110 Å². The van der Waals surface area contributed by atoms with Crippen LogP contribution in [0.3, 0.4) is 0 Å². The first-order valence-electron chi connectivity index (χ1n) is 6.82. The molecule has 2 unspecified atom stereocenters. The van der Waals surface area contributed by atoms with Crippen molar-refractivity contribution in [2.45, 2.75) is 44.8 Å². The summed E-state index contributed by atoms with van der Waals surface area (Å²) in [6.45, 7) is 5.36. The fraction of sp³-hybridized carbons (Fsp3) is 0.600. The third-order valence-corrected chi connectivity index (χ3v) is 3.67. The number of hydrogen-bond donors (Lipinski definition) is 1. The van der Waals surface area contributed by atoms with E-state index in [0.717, 1.165) is 18.3 Å². The molecule has 1 aliphatic carbocycles. The van der Waals surface area contributed by atoms with Gasteiger partial charge in [0.15, 0.2) is 0 Å². The maximum atomic E-state index is 6.22. The topological polar surface area (TPSA) is 38.5 Å². The van der Waals surface area contributed by atoms with Crippen molar-refractivity contribution in [1.29, 1.82) is 0 Å². The quantitative estimate of drug-likeness (QED) is 0.841. The molecule has 0 aromatic heterocycles. The van der Waals surface area contributed by atoms with Crippen LogP contribution in [0.1, 0.15) is 38.3 Å². The minimum atomic E-state index is 0.123. The van der Waals surface area contributed by atoms with Crippen LogP contribution in [0.5, 0.6) is 5.75 Å². The molecule has 3 nitrogen and oxygen atoms in total. The minimum Gasteiger partial charge on any atom is -0.497 e. The standard InChI is InChI=1S/C15H24N2O/c1-4-17(13-8-9-13)15(11(2)16)12-6-5-7-14(10-12)18-3/h5-7,10-11,13,15H,4,8-9,16H2,1-3H3. The molecule has 0 amide bonds. The summed E-state index contributed by atoms with van der Waals surface area (Å²) >= 11 is 0. The number of likely N-dealkylation sites (N-methyl/N-ethyl adjacent to an activating group) is 1. The second kappa shape index (κ2) is 5.72. The van der Waals surface area contributed by atoms with E-state index in [4.69, 9.17) is 10.5 Å². The lowest BCUT2D eigenvalue weighted by atomic mass is 9.98. The number of ether oxygens (including phenoxy) is 1. The van der Waals surface area contributed by atoms with Crippen LogP contribution < -0.4 is 10.5 Å². The molecule has 0 heterocycles. The number of nitrogens with two attached hydrogens (primary N) is 1. The lowest BCUT2D eigenvalue weighted by Crippen LogP contribution is -2.40. The van der Waals surface area contributed by atoms with Crippen LogP contribution in [-0.4, -0.2) is 30.6 Å². The van der Waals surface area contributed by atoms with E-state index in [1.54, 1.807) is 7.11 Å². The van der Waals surface area contributed by atoms with Gasteiger partial charge in [-0.3, -0.25) is 4.90 Å². The van der Waals surface area contributed by atoms with Crippen molar-refractivity contribution in [2.24, 2.45) is 5.73 Å². The average molecular weight is 248 g/mol. The molecule has 3 heteroatoms. The molecular formula is C15H24N2O. The number of methoxy groups -OCH3 is 1. The molecule has 18 heavy (non-hydrogen) atoms.